The molecule has 1 N–H and O–H groups in total. The summed E-state index contributed by atoms with van der Waals surface area (Å²) in [6.07, 6.45) is 0. The molecular formula is C23H20BrN3O7S. The number of β-lactam (4-membered cyclic amide) rings is 1. The number of amides is 2. The van der Waals surface area contributed by atoms with Crippen LogP contribution >= 0.6 is 27.7 Å². The number of non-ortho nitro benzene ring substituents is 1. The fourth-order valence-electron chi connectivity index (χ4n) is 3.59. The number of nitro benzene ring substituents is 1. The molecule has 182 valence electrons. The van der Waals surface area contributed by atoms with Gasteiger partial charge in [0.1, 0.15) is 29.5 Å². The van der Waals surface area contributed by atoms with Gasteiger partial charge in [0.2, 0.25) is 0 Å². The van der Waals surface area contributed by atoms with Gasteiger partial charge in [-0.15, -0.1) is 11.8 Å². The maximum atomic E-state index is 12.9. The van der Waals surface area contributed by atoms with Gasteiger partial charge in [0.05, 0.1) is 4.92 Å². The Hall–Kier alpha value is -3.38. The number of nitrogens with one attached hydrogen (secondary N) is 1. The molecule has 2 heterocycles. The van der Waals surface area contributed by atoms with Crippen LogP contribution in [0.1, 0.15) is 5.56 Å². The normalized spacial score (nSPS) is 18.9. The van der Waals surface area contributed by atoms with Gasteiger partial charge in [0.15, 0.2) is 6.61 Å². The zero-order valence-electron chi connectivity index (χ0n) is 18.2. The number of nitro groups is 1. The topological polar surface area (TPSA) is 128 Å². The van der Waals surface area contributed by atoms with Gasteiger partial charge in [-0.2, -0.15) is 0 Å². The van der Waals surface area contributed by atoms with E-state index in [4.69, 9.17) is 9.47 Å². The van der Waals surface area contributed by atoms with Gasteiger partial charge >= 0.3 is 5.97 Å². The highest BCUT2D eigenvalue weighted by Crippen LogP contribution is 2.41. The van der Waals surface area contributed by atoms with Gasteiger partial charge in [0.25, 0.3) is 17.5 Å². The number of halogens is 1. The number of hydrogen-bond donors (Lipinski definition) is 1. The molecule has 2 amide bonds. The highest BCUT2D eigenvalue weighted by molar-refractivity contribution is 9.09. The zero-order valence-corrected chi connectivity index (χ0v) is 20.6. The average molecular weight is 562 g/mol. The number of hydrogen-bond acceptors (Lipinski definition) is 8. The van der Waals surface area contributed by atoms with Crippen LogP contribution in [0.15, 0.2) is 65.9 Å². The Morgan fingerprint density at radius 2 is 1.89 bits per heavy atom. The van der Waals surface area contributed by atoms with Crippen molar-refractivity contribution in [2.24, 2.45) is 0 Å². The Labute approximate surface area is 212 Å². The molecule has 0 aliphatic carbocycles. The van der Waals surface area contributed by atoms with Crippen molar-refractivity contribution < 1.29 is 28.8 Å². The van der Waals surface area contributed by atoms with Crippen molar-refractivity contribution in [1.29, 1.82) is 0 Å². The first-order chi connectivity index (χ1) is 16.9. The molecule has 0 radical (unpaired) electrons. The van der Waals surface area contributed by atoms with Gasteiger partial charge in [-0.3, -0.25) is 24.6 Å². The van der Waals surface area contributed by atoms with E-state index in [0.29, 0.717) is 28.0 Å². The summed E-state index contributed by atoms with van der Waals surface area (Å²) in [7, 11) is 0. The first kappa shape index (κ1) is 24.7. The highest BCUT2D eigenvalue weighted by atomic mass is 79.9. The molecule has 1 fully saturated rings. The Balaban J connectivity index is 1.37. The number of fused-ring (bicyclic) bond motifs is 1. The van der Waals surface area contributed by atoms with Crippen LogP contribution < -0.4 is 10.1 Å². The van der Waals surface area contributed by atoms with E-state index >= 15 is 0 Å². The molecule has 2 aliphatic heterocycles. The second-order valence-corrected chi connectivity index (χ2v) is 9.31. The van der Waals surface area contributed by atoms with Crippen molar-refractivity contribution in [2.75, 3.05) is 17.7 Å². The zero-order chi connectivity index (χ0) is 24.9. The van der Waals surface area contributed by atoms with Crippen LogP contribution in [0, 0.1) is 10.1 Å². The predicted molar refractivity (Wildman–Crippen MR) is 131 cm³/mol. The van der Waals surface area contributed by atoms with Crippen molar-refractivity contribution in [3.8, 4) is 5.75 Å². The minimum absolute atomic E-state index is 0.0649. The molecule has 1 unspecified atom stereocenters. The average Bonchev–Trinajstić information content (AvgIpc) is 2.88. The molecule has 4 rings (SSSR count). The molecule has 2 atom stereocenters. The smallest absolute Gasteiger partial charge is 0.355 e. The van der Waals surface area contributed by atoms with Crippen LogP contribution in [0.3, 0.4) is 0 Å². The third kappa shape index (κ3) is 5.49. The van der Waals surface area contributed by atoms with Crippen molar-refractivity contribution in [3.05, 3.63) is 81.5 Å². The molecule has 0 spiro atoms. The lowest BCUT2D eigenvalue weighted by Crippen LogP contribution is -2.71. The van der Waals surface area contributed by atoms with Crippen LogP contribution in [0.2, 0.25) is 0 Å². The molecule has 35 heavy (non-hydrogen) atoms. The van der Waals surface area contributed by atoms with Crippen LogP contribution in [0.4, 0.5) is 5.69 Å². The molecule has 2 aromatic rings. The van der Waals surface area contributed by atoms with E-state index in [2.05, 4.69) is 21.2 Å². The summed E-state index contributed by atoms with van der Waals surface area (Å²) in [5, 5.41) is 13.4. The van der Waals surface area contributed by atoms with Crippen molar-refractivity contribution in [3.63, 3.8) is 0 Å². The highest BCUT2D eigenvalue weighted by Gasteiger charge is 2.54. The molecule has 12 heteroatoms. The number of ether oxygens (including phenoxy) is 2. The number of benzene rings is 2. The lowest BCUT2D eigenvalue weighted by Gasteiger charge is -2.49. The van der Waals surface area contributed by atoms with Crippen molar-refractivity contribution in [1.82, 2.24) is 10.2 Å². The predicted octanol–water partition coefficient (Wildman–Crippen LogP) is 2.77. The Morgan fingerprint density at radius 3 is 2.54 bits per heavy atom. The third-order valence-corrected chi connectivity index (χ3v) is 7.37. The summed E-state index contributed by atoms with van der Waals surface area (Å²) in [6.45, 7) is -0.343. The first-order valence-corrected chi connectivity index (χ1v) is 12.7. The largest absolute Gasteiger partial charge is 0.484 e. The molecule has 2 aromatic carbocycles. The van der Waals surface area contributed by atoms with E-state index in [1.165, 1.54) is 40.9 Å². The van der Waals surface area contributed by atoms with E-state index in [-0.39, 0.29) is 24.6 Å². The summed E-state index contributed by atoms with van der Waals surface area (Å²) in [6, 6.07) is 13.7. The Kier molecular flexibility index (Phi) is 7.71. The minimum atomic E-state index is -0.777. The number of alkyl halides is 1. The molecular weight excluding hydrogens is 542 g/mol. The molecule has 2 aliphatic rings. The first-order valence-electron chi connectivity index (χ1n) is 10.5. The van der Waals surface area contributed by atoms with E-state index in [0.717, 1.165) is 0 Å². The summed E-state index contributed by atoms with van der Waals surface area (Å²) in [5.41, 5.74) is 1.36. The summed E-state index contributed by atoms with van der Waals surface area (Å²) < 4.78 is 10.8. The van der Waals surface area contributed by atoms with Gasteiger partial charge in [-0.05, 0) is 35.4 Å². The second kappa shape index (κ2) is 10.9. The standard InChI is InChI=1S/C23H20BrN3O7S/c24-10-15-13-35-22-19(25-18(28)12-33-17-4-2-1-3-5-17)21(29)26(22)20(15)23(30)34-11-14-6-8-16(9-7-14)27(31)32/h1-9,19,22H,10-13H2,(H,25,28)/t19?,22-/m1/s1. The van der Waals surface area contributed by atoms with Gasteiger partial charge < -0.3 is 14.8 Å². The van der Waals surface area contributed by atoms with Crippen LogP contribution in [0.25, 0.3) is 0 Å². The summed E-state index contributed by atoms with van der Waals surface area (Å²) in [4.78, 5) is 49.8. The van der Waals surface area contributed by atoms with Gasteiger partial charge in [0, 0.05) is 23.2 Å². The monoisotopic (exact) mass is 561 g/mol. The maximum absolute atomic E-state index is 12.9. The third-order valence-electron chi connectivity index (χ3n) is 5.35. The molecule has 10 nitrogen and oxygen atoms in total. The Bertz CT molecular complexity index is 1170. The van der Waals surface area contributed by atoms with Crippen molar-refractivity contribution >= 4 is 51.2 Å². The number of rotatable bonds is 9. The van der Waals surface area contributed by atoms with Crippen LogP contribution in [-0.2, 0) is 25.7 Å². The number of para-hydroxylation sites is 1. The van der Waals surface area contributed by atoms with Gasteiger partial charge in [-0.1, -0.05) is 34.1 Å². The SMILES string of the molecule is O=C(COc1ccccc1)NC1C(=O)N2C(C(=O)OCc3ccc([N+](=O)[O-])cc3)=C(CBr)CS[C@H]12. The minimum Gasteiger partial charge on any atom is -0.484 e. The number of carbonyl (C=O) groups is 3. The number of thioether (sulfide) groups is 1. The van der Waals surface area contributed by atoms with E-state index in [9.17, 15) is 24.5 Å². The number of nitrogens with zero attached hydrogens (tertiary/aromatic N) is 2. The molecule has 0 bridgehead atoms. The maximum Gasteiger partial charge on any atom is 0.355 e. The summed E-state index contributed by atoms with van der Waals surface area (Å²) >= 11 is 4.80. The van der Waals surface area contributed by atoms with E-state index in [1.54, 1.807) is 24.3 Å². The van der Waals surface area contributed by atoms with Crippen LogP contribution in [-0.4, -0.2) is 56.7 Å². The van der Waals surface area contributed by atoms with E-state index in [1.807, 2.05) is 6.07 Å². The lowest BCUT2D eigenvalue weighted by atomic mass is 10.0. The molecule has 0 saturated carbocycles. The second-order valence-electron chi connectivity index (χ2n) is 7.64. The van der Waals surface area contributed by atoms with Gasteiger partial charge in [-0.25, -0.2) is 4.79 Å². The fraction of sp³-hybridized carbons (Fsp3) is 0.261. The molecule has 1 saturated heterocycles. The van der Waals surface area contributed by atoms with Crippen molar-refractivity contribution in [2.45, 2.75) is 18.0 Å². The Morgan fingerprint density at radius 1 is 1.17 bits per heavy atom. The number of carbonyl (C=O) groups excluding carboxylic acids is 3. The quantitative estimate of drug-likeness (QED) is 0.163. The fourth-order valence-corrected chi connectivity index (χ4v) is 5.66. The lowest BCUT2D eigenvalue weighted by molar-refractivity contribution is -0.384. The summed E-state index contributed by atoms with van der Waals surface area (Å²) in [5.74, 6) is -0.497. The molecule has 0 aromatic heterocycles. The van der Waals surface area contributed by atoms with E-state index < -0.39 is 34.1 Å². The van der Waals surface area contributed by atoms with Crippen LogP contribution in [0.5, 0.6) is 5.75 Å². The number of esters is 1.